The van der Waals surface area contributed by atoms with Gasteiger partial charge in [-0.3, -0.25) is 9.59 Å². The van der Waals surface area contributed by atoms with E-state index in [1.807, 2.05) is 13.0 Å². The van der Waals surface area contributed by atoms with Gasteiger partial charge in [0.15, 0.2) is 0 Å². The molecule has 1 rings (SSSR count). The molecular formula is C12H14O4. The number of esters is 1. The van der Waals surface area contributed by atoms with Crippen LogP contribution in [0.4, 0.5) is 0 Å². The molecule has 1 aromatic rings. The van der Waals surface area contributed by atoms with Crippen LogP contribution in [0.2, 0.25) is 0 Å². The van der Waals surface area contributed by atoms with E-state index in [4.69, 9.17) is 9.84 Å². The zero-order valence-corrected chi connectivity index (χ0v) is 9.10. The molecule has 0 saturated carbocycles. The molecule has 0 fully saturated rings. The Bertz CT molecular complexity index is 384. The molecule has 4 heteroatoms. The van der Waals surface area contributed by atoms with Gasteiger partial charge < -0.3 is 9.84 Å². The summed E-state index contributed by atoms with van der Waals surface area (Å²) in [5.74, 6) is -1.05. The van der Waals surface area contributed by atoms with E-state index < -0.39 is 11.9 Å². The second-order valence-corrected chi connectivity index (χ2v) is 3.37. The third-order valence-corrected chi connectivity index (χ3v) is 2.08. The lowest BCUT2D eigenvalue weighted by Crippen LogP contribution is -2.10. The number of carboxylic acids is 1. The molecule has 0 heterocycles. The maximum absolute atomic E-state index is 11.2. The molecule has 0 aliphatic heterocycles. The summed E-state index contributed by atoms with van der Waals surface area (Å²) in [4.78, 5) is 21.5. The molecule has 0 spiro atoms. The van der Waals surface area contributed by atoms with Gasteiger partial charge in [-0.25, -0.2) is 0 Å². The van der Waals surface area contributed by atoms with Crippen molar-refractivity contribution in [2.45, 2.75) is 26.2 Å². The molecule has 0 aliphatic rings. The van der Waals surface area contributed by atoms with Crippen LogP contribution in [0, 0.1) is 0 Å². The van der Waals surface area contributed by atoms with Crippen LogP contribution in [0.3, 0.4) is 0 Å². The van der Waals surface area contributed by atoms with Crippen molar-refractivity contribution in [3.63, 3.8) is 0 Å². The number of ether oxygens (including phenoxy) is 1. The summed E-state index contributed by atoms with van der Waals surface area (Å²) in [6, 6.07) is 7.20. The third kappa shape index (κ3) is 4.13. The molecule has 0 radical (unpaired) electrons. The van der Waals surface area contributed by atoms with Gasteiger partial charge in [0.2, 0.25) is 0 Å². The van der Waals surface area contributed by atoms with Crippen molar-refractivity contribution < 1.29 is 19.4 Å². The fourth-order valence-electron chi connectivity index (χ4n) is 1.22. The Hall–Kier alpha value is -1.84. The first kappa shape index (κ1) is 12.2. The van der Waals surface area contributed by atoms with Crippen LogP contribution in [-0.4, -0.2) is 17.0 Å². The molecule has 0 unspecified atom stereocenters. The maximum atomic E-state index is 11.2. The first-order chi connectivity index (χ1) is 7.61. The largest absolute Gasteiger partial charge is 0.481 e. The third-order valence-electron chi connectivity index (χ3n) is 2.08. The minimum absolute atomic E-state index is 0.105. The van der Waals surface area contributed by atoms with E-state index in [1.165, 1.54) is 0 Å². The first-order valence-corrected chi connectivity index (χ1v) is 5.13. The Morgan fingerprint density at radius 2 is 2.06 bits per heavy atom. The van der Waals surface area contributed by atoms with Gasteiger partial charge in [0, 0.05) is 0 Å². The van der Waals surface area contributed by atoms with E-state index in [0.717, 1.165) is 12.0 Å². The van der Waals surface area contributed by atoms with E-state index >= 15 is 0 Å². The van der Waals surface area contributed by atoms with E-state index in [0.29, 0.717) is 5.75 Å². The van der Waals surface area contributed by atoms with E-state index in [-0.39, 0.29) is 12.8 Å². The molecule has 4 nitrogen and oxygen atoms in total. The van der Waals surface area contributed by atoms with Crippen LogP contribution in [0.15, 0.2) is 24.3 Å². The van der Waals surface area contributed by atoms with Crippen LogP contribution in [0.1, 0.15) is 25.3 Å². The molecule has 16 heavy (non-hydrogen) atoms. The number of hydrogen-bond donors (Lipinski definition) is 1. The highest BCUT2D eigenvalue weighted by Crippen LogP contribution is 2.14. The fourth-order valence-corrected chi connectivity index (χ4v) is 1.22. The van der Waals surface area contributed by atoms with Crippen molar-refractivity contribution in [1.29, 1.82) is 0 Å². The Morgan fingerprint density at radius 3 is 2.69 bits per heavy atom. The summed E-state index contributed by atoms with van der Waals surface area (Å²) in [7, 11) is 0. The summed E-state index contributed by atoms with van der Waals surface area (Å²) in [6.07, 6.45) is 0.554. The highest BCUT2D eigenvalue weighted by Gasteiger charge is 2.07. The topological polar surface area (TPSA) is 63.6 Å². The number of carbonyl (C=O) groups is 2. The predicted octanol–water partition coefficient (Wildman–Crippen LogP) is 2.02. The Kier molecular flexibility index (Phi) is 4.51. The van der Waals surface area contributed by atoms with Gasteiger partial charge in [-0.1, -0.05) is 19.1 Å². The molecule has 1 N–H and O–H groups in total. The zero-order chi connectivity index (χ0) is 12.0. The minimum atomic E-state index is -1.00. The average Bonchev–Trinajstić information content (AvgIpc) is 2.26. The summed E-state index contributed by atoms with van der Waals surface area (Å²) in [5, 5.41) is 8.40. The molecule has 0 bridgehead atoms. The number of aryl methyl sites for hydroxylation is 1. The number of benzene rings is 1. The number of carbonyl (C=O) groups excluding carboxylic acids is 1. The van der Waals surface area contributed by atoms with Gasteiger partial charge >= 0.3 is 11.9 Å². The first-order valence-electron chi connectivity index (χ1n) is 5.13. The number of aliphatic carboxylic acids is 1. The lowest BCUT2D eigenvalue weighted by atomic mass is 10.2. The van der Waals surface area contributed by atoms with Gasteiger partial charge in [-0.15, -0.1) is 0 Å². The van der Waals surface area contributed by atoms with Crippen LogP contribution >= 0.6 is 0 Å². The van der Waals surface area contributed by atoms with Crippen molar-refractivity contribution in [2.75, 3.05) is 0 Å². The van der Waals surface area contributed by atoms with Crippen LogP contribution in [0.25, 0.3) is 0 Å². The molecule has 0 saturated heterocycles. The van der Waals surface area contributed by atoms with Crippen LogP contribution in [0.5, 0.6) is 5.75 Å². The summed E-state index contributed by atoms with van der Waals surface area (Å²) < 4.78 is 5.00. The second-order valence-electron chi connectivity index (χ2n) is 3.37. The summed E-state index contributed by atoms with van der Waals surface area (Å²) >= 11 is 0. The molecular weight excluding hydrogens is 208 g/mol. The molecule has 0 aromatic heterocycles. The van der Waals surface area contributed by atoms with E-state index in [2.05, 4.69) is 0 Å². The number of rotatable bonds is 5. The van der Waals surface area contributed by atoms with Gasteiger partial charge in [-0.05, 0) is 24.1 Å². The van der Waals surface area contributed by atoms with Gasteiger partial charge in [0.25, 0.3) is 0 Å². The minimum Gasteiger partial charge on any atom is -0.481 e. The molecule has 0 atom stereocenters. The van der Waals surface area contributed by atoms with Gasteiger partial charge in [-0.2, -0.15) is 0 Å². The second kappa shape index (κ2) is 5.90. The summed E-state index contributed by atoms with van der Waals surface area (Å²) in [6.45, 7) is 2.01. The Morgan fingerprint density at radius 1 is 1.31 bits per heavy atom. The molecule has 0 aliphatic carbocycles. The van der Waals surface area contributed by atoms with Gasteiger partial charge in [0.05, 0.1) is 12.8 Å². The average molecular weight is 222 g/mol. The molecule has 86 valence electrons. The van der Waals surface area contributed by atoms with Gasteiger partial charge in [0.1, 0.15) is 5.75 Å². The standard InChI is InChI=1S/C12H14O4/c1-2-9-4-3-5-10(8-9)16-12(15)7-6-11(13)14/h3-5,8H,2,6-7H2,1H3,(H,13,14). The van der Waals surface area contributed by atoms with Crippen molar-refractivity contribution in [2.24, 2.45) is 0 Å². The van der Waals surface area contributed by atoms with Crippen LogP contribution < -0.4 is 4.74 Å². The van der Waals surface area contributed by atoms with Crippen molar-refractivity contribution >= 4 is 11.9 Å². The molecule has 1 aromatic carbocycles. The molecule has 0 amide bonds. The lowest BCUT2D eigenvalue weighted by Gasteiger charge is -2.04. The normalized spacial score (nSPS) is 9.81. The maximum Gasteiger partial charge on any atom is 0.311 e. The summed E-state index contributed by atoms with van der Waals surface area (Å²) in [5.41, 5.74) is 1.07. The van der Waals surface area contributed by atoms with Crippen molar-refractivity contribution in [3.05, 3.63) is 29.8 Å². The highest BCUT2D eigenvalue weighted by atomic mass is 16.5. The van der Waals surface area contributed by atoms with Crippen molar-refractivity contribution in [3.8, 4) is 5.75 Å². The van der Waals surface area contributed by atoms with E-state index in [1.54, 1.807) is 18.2 Å². The monoisotopic (exact) mass is 222 g/mol. The Labute approximate surface area is 93.9 Å². The quantitative estimate of drug-likeness (QED) is 0.611. The lowest BCUT2D eigenvalue weighted by molar-refractivity contribution is -0.142. The van der Waals surface area contributed by atoms with Crippen molar-refractivity contribution in [1.82, 2.24) is 0 Å². The number of carboxylic acid groups (broad SMARTS) is 1. The zero-order valence-electron chi connectivity index (χ0n) is 9.10. The SMILES string of the molecule is CCc1cccc(OC(=O)CCC(=O)O)c1. The van der Waals surface area contributed by atoms with Crippen LogP contribution in [-0.2, 0) is 16.0 Å². The predicted molar refractivity (Wildman–Crippen MR) is 58.3 cm³/mol. The number of hydrogen-bond acceptors (Lipinski definition) is 3. The highest BCUT2D eigenvalue weighted by molar-refractivity contribution is 5.78. The van der Waals surface area contributed by atoms with E-state index in [9.17, 15) is 9.59 Å². The Balaban J connectivity index is 2.52. The fraction of sp³-hybridized carbons (Fsp3) is 0.333. The smallest absolute Gasteiger partial charge is 0.311 e.